The summed E-state index contributed by atoms with van der Waals surface area (Å²) in [6, 6.07) is 16.1. The first-order valence-corrected chi connectivity index (χ1v) is 14.1. The first-order chi connectivity index (χ1) is 20.0. The van der Waals surface area contributed by atoms with E-state index in [0.717, 1.165) is 11.1 Å². The lowest BCUT2D eigenvalue weighted by Gasteiger charge is -2.27. The minimum atomic E-state index is -1.07. The van der Waals surface area contributed by atoms with E-state index in [2.05, 4.69) is 21.3 Å². The fourth-order valence-electron chi connectivity index (χ4n) is 4.46. The molecule has 42 heavy (non-hydrogen) atoms. The number of likely N-dealkylation sites (N-methyl/N-ethyl adjacent to an activating group) is 1. The first kappa shape index (κ1) is 34.0. The Morgan fingerprint density at radius 3 is 1.88 bits per heavy atom. The van der Waals surface area contributed by atoms with Gasteiger partial charge in [-0.1, -0.05) is 60.7 Å². The summed E-state index contributed by atoms with van der Waals surface area (Å²) in [5, 5.41) is 20.4. The molecule has 5 N–H and O–H groups in total. The first-order valence-electron chi connectivity index (χ1n) is 14.1. The van der Waals surface area contributed by atoms with E-state index in [4.69, 9.17) is 0 Å². The molecule has 0 saturated carbocycles. The average molecular weight is 582 g/mol. The Bertz CT molecular complexity index is 1170. The monoisotopic (exact) mass is 581 g/mol. The van der Waals surface area contributed by atoms with Crippen LogP contribution in [-0.4, -0.2) is 77.4 Å². The highest BCUT2D eigenvalue weighted by atomic mass is 16.3. The van der Waals surface area contributed by atoms with E-state index in [-0.39, 0.29) is 31.2 Å². The summed E-state index contributed by atoms with van der Waals surface area (Å²) in [4.78, 5) is 64.0. The number of hydrogen-bond donors (Lipinski definition) is 5. The van der Waals surface area contributed by atoms with Crippen molar-refractivity contribution in [3.63, 3.8) is 0 Å². The summed E-state index contributed by atoms with van der Waals surface area (Å²) in [6.45, 7) is 4.61. The van der Waals surface area contributed by atoms with E-state index in [1.54, 1.807) is 11.9 Å². The molecule has 4 atom stereocenters. The van der Waals surface area contributed by atoms with Crippen LogP contribution in [0.3, 0.4) is 0 Å². The second kappa shape index (κ2) is 17.5. The average Bonchev–Trinajstić information content (AvgIpc) is 2.94. The smallest absolute Gasteiger partial charge is 0.245 e. The van der Waals surface area contributed by atoms with E-state index in [9.17, 15) is 29.1 Å². The maximum absolute atomic E-state index is 13.5. The molecule has 0 aromatic heterocycles. The van der Waals surface area contributed by atoms with Crippen molar-refractivity contribution < 1.29 is 29.1 Å². The minimum absolute atomic E-state index is 0.245. The molecule has 0 bridgehead atoms. The Balaban J connectivity index is 2.03. The lowest BCUT2D eigenvalue weighted by molar-refractivity contribution is -0.136. The normalized spacial score (nSPS) is 13.5. The topological polar surface area (TPSA) is 157 Å². The van der Waals surface area contributed by atoms with Crippen LogP contribution in [0.25, 0.3) is 0 Å². The lowest BCUT2D eigenvalue weighted by Crippen LogP contribution is -2.54. The lowest BCUT2D eigenvalue weighted by atomic mass is 10.0. The predicted molar refractivity (Wildman–Crippen MR) is 159 cm³/mol. The molecule has 2 rings (SSSR count). The van der Waals surface area contributed by atoms with Gasteiger partial charge in [0.1, 0.15) is 18.1 Å². The Hall–Kier alpha value is -4.25. The molecule has 0 aliphatic carbocycles. The molecule has 5 amide bonds. The SMILES string of the molecule is CC(=O)NC(CCCCNC(=O)C(NC(C)=O)C(C)O)C(=O)N[C@H](Cc1ccccc1)C(=O)N(C)Cc1ccccc1. The van der Waals surface area contributed by atoms with Gasteiger partial charge in [-0.25, -0.2) is 0 Å². The van der Waals surface area contributed by atoms with Crippen LogP contribution in [0.4, 0.5) is 0 Å². The van der Waals surface area contributed by atoms with E-state index in [1.165, 1.54) is 20.8 Å². The van der Waals surface area contributed by atoms with E-state index in [1.807, 2.05) is 60.7 Å². The van der Waals surface area contributed by atoms with Gasteiger partial charge in [0.15, 0.2) is 0 Å². The number of nitrogens with zero attached hydrogens (tertiary/aromatic N) is 1. The summed E-state index contributed by atoms with van der Waals surface area (Å²) in [6.07, 6.45) is 0.443. The maximum Gasteiger partial charge on any atom is 0.245 e. The standard InChI is InChI=1S/C31H43N5O6/c1-21(37)28(34-23(3)39)30(41)32-18-12-11-17-26(33-22(2)38)29(40)35-27(19-24-13-7-5-8-14-24)31(42)36(4)20-25-15-9-6-10-16-25/h5-10,13-16,21,26-28,37H,11-12,17-20H2,1-4H3,(H,32,41)(H,33,38)(H,34,39)(H,35,40)/t21?,26?,27-,28?/m1/s1. The van der Waals surface area contributed by atoms with Crippen LogP contribution in [0.5, 0.6) is 0 Å². The molecule has 0 heterocycles. The van der Waals surface area contributed by atoms with Crippen molar-refractivity contribution >= 4 is 29.5 Å². The van der Waals surface area contributed by atoms with Crippen molar-refractivity contribution in [2.24, 2.45) is 0 Å². The van der Waals surface area contributed by atoms with Crippen molar-refractivity contribution in [1.29, 1.82) is 0 Å². The van der Waals surface area contributed by atoms with Crippen LogP contribution in [0, 0.1) is 0 Å². The number of nitrogens with one attached hydrogen (secondary N) is 4. The number of carbonyl (C=O) groups excluding carboxylic acids is 5. The van der Waals surface area contributed by atoms with Crippen molar-refractivity contribution in [2.75, 3.05) is 13.6 Å². The summed E-state index contributed by atoms with van der Waals surface area (Å²) in [5.41, 5.74) is 1.84. The Morgan fingerprint density at radius 2 is 1.33 bits per heavy atom. The van der Waals surface area contributed by atoms with Crippen molar-refractivity contribution in [3.05, 3.63) is 71.8 Å². The van der Waals surface area contributed by atoms with E-state index < -0.39 is 42.0 Å². The molecule has 0 aliphatic heterocycles. The van der Waals surface area contributed by atoms with Crippen LogP contribution in [0.15, 0.2) is 60.7 Å². The van der Waals surface area contributed by atoms with Gasteiger partial charge in [0.2, 0.25) is 29.5 Å². The van der Waals surface area contributed by atoms with Crippen molar-refractivity contribution in [2.45, 2.75) is 77.2 Å². The number of benzene rings is 2. The molecule has 11 heteroatoms. The molecule has 11 nitrogen and oxygen atoms in total. The molecule has 0 aliphatic rings. The van der Waals surface area contributed by atoms with Crippen LogP contribution >= 0.6 is 0 Å². The molecule has 2 aromatic rings. The molecule has 3 unspecified atom stereocenters. The molecule has 0 spiro atoms. The third-order valence-electron chi connectivity index (χ3n) is 6.57. The zero-order valence-electron chi connectivity index (χ0n) is 24.8. The fourth-order valence-corrected chi connectivity index (χ4v) is 4.46. The zero-order valence-corrected chi connectivity index (χ0v) is 24.8. The fraction of sp³-hybridized carbons (Fsp3) is 0.452. The second-order valence-corrected chi connectivity index (χ2v) is 10.4. The number of rotatable bonds is 16. The highest BCUT2D eigenvalue weighted by molar-refractivity contribution is 5.92. The van der Waals surface area contributed by atoms with E-state index in [0.29, 0.717) is 19.4 Å². The molecule has 0 saturated heterocycles. The van der Waals surface area contributed by atoms with Gasteiger partial charge in [-0.3, -0.25) is 24.0 Å². The molecular formula is C31H43N5O6. The third kappa shape index (κ3) is 12.1. The van der Waals surface area contributed by atoms with Gasteiger partial charge in [0.25, 0.3) is 0 Å². The van der Waals surface area contributed by atoms with Gasteiger partial charge in [-0.15, -0.1) is 0 Å². The number of amides is 5. The van der Waals surface area contributed by atoms with Gasteiger partial charge >= 0.3 is 0 Å². The van der Waals surface area contributed by atoms with Gasteiger partial charge in [-0.05, 0) is 37.3 Å². The van der Waals surface area contributed by atoms with Crippen LogP contribution in [-0.2, 0) is 36.9 Å². The molecule has 228 valence electrons. The predicted octanol–water partition coefficient (Wildman–Crippen LogP) is 1.05. The van der Waals surface area contributed by atoms with Crippen LogP contribution in [0.1, 0.15) is 51.2 Å². The highest BCUT2D eigenvalue weighted by Crippen LogP contribution is 2.10. The molecule has 0 radical (unpaired) electrons. The number of hydrogen-bond acceptors (Lipinski definition) is 6. The van der Waals surface area contributed by atoms with Gasteiger partial charge < -0.3 is 31.3 Å². The van der Waals surface area contributed by atoms with Crippen LogP contribution < -0.4 is 21.3 Å². The molecule has 2 aromatic carbocycles. The summed E-state index contributed by atoms with van der Waals surface area (Å²) >= 11 is 0. The van der Waals surface area contributed by atoms with Crippen LogP contribution in [0.2, 0.25) is 0 Å². The minimum Gasteiger partial charge on any atom is -0.391 e. The summed E-state index contributed by atoms with van der Waals surface area (Å²) in [7, 11) is 1.69. The second-order valence-electron chi connectivity index (χ2n) is 10.4. The summed E-state index contributed by atoms with van der Waals surface area (Å²) < 4.78 is 0. The zero-order chi connectivity index (χ0) is 31.1. The highest BCUT2D eigenvalue weighted by Gasteiger charge is 2.28. The van der Waals surface area contributed by atoms with Crippen molar-refractivity contribution in [1.82, 2.24) is 26.2 Å². The third-order valence-corrected chi connectivity index (χ3v) is 6.57. The quantitative estimate of drug-likeness (QED) is 0.187. The molecule has 0 fully saturated rings. The van der Waals surface area contributed by atoms with Gasteiger partial charge in [0.05, 0.1) is 6.10 Å². The number of unbranched alkanes of at least 4 members (excludes halogenated alkanes) is 1. The largest absolute Gasteiger partial charge is 0.391 e. The molecular weight excluding hydrogens is 538 g/mol. The number of aliphatic hydroxyl groups is 1. The maximum atomic E-state index is 13.5. The Morgan fingerprint density at radius 1 is 0.762 bits per heavy atom. The van der Waals surface area contributed by atoms with Crippen molar-refractivity contribution in [3.8, 4) is 0 Å². The van der Waals surface area contributed by atoms with Gasteiger partial charge in [-0.2, -0.15) is 0 Å². The number of aliphatic hydroxyl groups excluding tert-OH is 1. The van der Waals surface area contributed by atoms with E-state index >= 15 is 0 Å². The Kier molecular flexibility index (Phi) is 14.2. The number of carbonyl (C=O) groups is 5. The van der Waals surface area contributed by atoms with Gasteiger partial charge in [0, 0.05) is 40.4 Å². The Labute approximate surface area is 247 Å². The summed E-state index contributed by atoms with van der Waals surface area (Å²) in [5.74, 6) is -2.07.